The maximum absolute atomic E-state index is 11.8. The first-order valence-electron chi connectivity index (χ1n) is 22.3. The van der Waals surface area contributed by atoms with E-state index < -0.39 is 22.0 Å². The van der Waals surface area contributed by atoms with Crippen LogP contribution in [0.25, 0.3) is 0 Å². The van der Waals surface area contributed by atoms with Crippen LogP contribution < -0.4 is 15.0 Å². The number of carbonyl (C=O) groups is 1. The number of nitrogens with zero attached hydrogens (tertiary/aromatic N) is 3. The van der Waals surface area contributed by atoms with E-state index in [1.165, 1.54) is 46.5 Å². The van der Waals surface area contributed by atoms with Gasteiger partial charge in [0.15, 0.2) is 0 Å². The van der Waals surface area contributed by atoms with E-state index in [1.807, 2.05) is 6.07 Å². The molecule has 324 valence electrons. The van der Waals surface area contributed by atoms with Gasteiger partial charge in [0.05, 0.1) is 22.5 Å². The third kappa shape index (κ3) is 8.68. The number of aldehydes is 1. The molecule has 1 aliphatic heterocycles. The highest BCUT2D eigenvalue weighted by Gasteiger charge is 2.45. The summed E-state index contributed by atoms with van der Waals surface area (Å²) in [6.07, 6.45) is 4.51. The second-order valence-electron chi connectivity index (χ2n) is 22.8. The molecule has 4 aromatic rings. The molecule has 2 unspecified atom stereocenters. The highest BCUT2D eigenvalue weighted by molar-refractivity contribution is 6.74. The zero-order valence-corrected chi connectivity index (χ0v) is 42.1. The quantitative estimate of drug-likeness (QED) is 0.0649. The number of rotatable bonds is 11. The van der Waals surface area contributed by atoms with E-state index in [2.05, 4.69) is 216 Å². The average molecular weight is 846 g/mol. The first kappa shape index (κ1) is 45.8. The molecule has 6 rings (SSSR count). The summed E-state index contributed by atoms with van der Waals surface area (Å²) >= 11 is 0. The molecule has 2 atom stereocenters. The van der Waals surface area contributed by atoms with Crippen molar-refractivity contribution >= 4 is 45.7 Å². The molecular weight excluding hydrogens is 771 g/mol. The van der Waals surface area contributed by atoms with Crippen molar-refractivity contribution in [1.82, 2.24) is 0 Å². The fraction of sp³-hybridized carbons (Fsp3) is 0.519. The van der Waals surface area contributed by atoms with Gasteiger partial charge in [0.1, 0.15) is 6.29 Å². The van der Waals surface area contributed by atoms with Gasteiger partial charge in [-0.25, -0.2) is 0 Å². The van der Waals surface area contributed by atoms with Gasteiger partial charge in [0, 0.05) is 34.3 Å². The molecule has 0 spiro atoms. The maximum Gasteiger partial charge on any atom is 0.228 e. The van der Waals surface area contributed by atoms with E-state index in [4.69, 9.17) is 9.05 Å². The summed E-state index contributed by atoms with van der Waals surface area (Å²) in [6.45, 7) is 38.8. The Bertz CT molecular complexity index is 2040. The van der Waals surface area contributed by atoms with E-state index in [-0.39, 0.29) is 21.2 Å². The number of hydroxylamine groups is 2. The molecule has 1 saturated carbocycles. The van der Waals surface area contributed by atoms with Crippen LogP contribution in [0.5, 0.6) is 0 Å². The van der Waals surface area contributed by atoms with Gasteiger partial charge in [-0.05, 0) is 174 Å². The normalized spacial score (nSPS) is 17.7. The molecule has 0 N–H and O–H groups in total. The number of carbonyl (C=O) groups excluding carboxylic acids is 1. The van der Waals surface area contributed by atoms with Gasteiger partial charge in [-0.15, -0.1) is 0 Å². The molecule has 0 radical (unpaired) electrons. The third-order valence-corrected chi connectivity index (χ3v) is 22.7. The minimum atomic E-state index is -2.13. The molecule has 4 aromatic carbocycles. The summed E-state index contributed by atoms with van der Waals surface area (Å²) in [5.41, 5.74) is 9.33. The number of benzene rings is 4. The van der Waals surface area contributed by atoms with Gasteiger partial charge in [-0.2, -0.15) is 0 Å². The fourth-order valence-electron chi connectivity index (χ4n) is 8.48. The number of anilines is 4. The van der Waals surface area contributed by atoms with Gasteiger partial charge < -0.3 is 14.0 Å². The molecule has 2 aliphatic rings. The van der Waals surface area contributed by atoms with Crippen molar-refractivity contribution in [3.05, 3.63) is 119 Å². The number of hydrogen-bond donors (Lipinski definition) is 0. The smallest absolute Gasteiger partial charge is 0.228 e. The maximum atomic E-state index is 11.8. The lowest BCUT2D eigenvalue weighted by Gasteiger charge is -2.46. The highest BCUT2D eigenvalue weighted by Crippen LogP contribution is 2.53. The summed E-state index contributed by atoms with van der Waals surface area (Å²) in [4.78, 5) is 14.3. The monoisotopic (exact) mass is 846 g/mol. The Morgan fingerprint density at radius 3 is 1.38 bits per heavy atom. The summed E-state index contributed by atoms with van der Waals surface area (Å²) in [7, 11) is -4.26. The SMILES string of the molecule is CC(c1ccc(N2c3ccc(C=O)cc3C3CCCC32)cc1)(c1ccc(N(O[Si](C)(C)C(C)(C)C)C(C)(C)C)cc1)c1ccc(N(O[Si](C)(C)C(C)(C)C)C(C)(C)C)cc1. The van der Waals surface area contributed by atoms with Crippen LogP contribution in [-0.2, 0) is 14.5 Å². The van der Waals surface area contributed by atoms with Crippen LogP contribution in [0.3, 0.4) is 0 Å². The molecule has 0 aromatic heterocycles. The Morgan fingerprint density at radius 1 is 0.583 bits per heavy atom. The fourth-order valence-corrected chi connectivity index (χ4v) is 10.7. The zero-order chi connectivity index (χ0) is 44.4. The van der Waals surface area contributed by atoms with Gasteiger partial charge in [-0.3, -0.25) is 14.9 Å². The zero-order valence-electron chi connectivity index (χ0n) is 40.1. The van der Waals surface area contributed by atoms with Crippen molar-refractivity contribution in [2.75, 3.05) is 15.0 Å². The van der Waals surface area contributed by atoms with Crippen LogP contribution in [0.2, 0.25) is 36.3 Å². The Labute approximate surface area is 365 Å². The van der Waals surface area contributed by atoms with Gasteiger partial charge in [0.25, 0.3) is 0 Å². The molecular formula is C52H75N3O3Si2. The van der Waals surface area contributed by atoms with Crippen LogP contribution in [0, 0.1) is 0 Å². The largest absolute Gasteiger partial charge is 0.338 e. The Morgan fingerprint density at radius 2 is 1.00 bits per heavy atom. The first-order chi connectivity index (χ1) is 27.6. The topological polar surface area (TPSA) is 45.2 Å². The third-order valence-electron chi connectivity index (χ3n) is 14.2. The van der Waals surface area contributed by atoms with E-state index in [0.717, 1.165) is 29.6 Å². The van der Waals surface area contributed by atoms with Crippen molar-refractivity contribution < 1.29 is 13.8 Å². The Kier molecular flexibility index (Phi) is 12.1. The molecule has 0 amide bonds. The predicted molar refractivity (Wildman–Crippen MR) is 260 cm³/mol. The van der Waals surface area contributed by atoms with Gasteiger partial charge in [0.2, 0.25) is 16.6 Å². The minimum absolute atomic E-state index is 0.0694. The highest BCUT2D eigenvalue weighted by atomic mass is 28.4. The lowest BCUT2D eigenvalue weighted by Crippen LogP contribution is -2.52. The van der Waals surface area contributed by atoms with Crippen molar-refractivity contribution in [3.63, 3.8) is 0 Å². The predicted octanol–water partition coefficient (Wildman–Crippen LogP) is 14.7. The second kappa shape index (κ2) is 15.9. The molecule has 60 heavy (non-hydrogen) atoms. The number of fused-ring (bicyclic) bond motifs is 3. The number of hydrogen-bond acceptors (Lipinski definition) is 6. The van der Waals surface area contributed by atoms with Crippen molar-refractivity contribution in [1.29, 1.82) is 0 Å². The molecule has 1 heterocycles. The van der Waals surface area contributed by atoms with E-state index >= 15 is 0 Å². The van der Waals surface area contributed by atoms with Gasteiger partial charge >= 0.3 is 0 Å². The van der Waals surface area contributed by atoms with Crippen LogP contribution in [0.4, 0.5) is 22.7 Å². The summed E-state index contributed by atoms with van der Waals surface area (Å²) < 4.78 is 14.1. The van der Waals surface area contributed by atoms with Crippen LogP contribution in [-0.4, -0.2) is 40.0 Å². The van der Waals surface area contributed by atoms with Crippen LogP contribution in [0.15, 0.2) is 91.0 Å². The molecule has 0 saturated heterocycles. The summed E-state index contributed by atoms with van der Waals surface area (Å²) in [5, 5.41) is 4.45. The molecule has 1 fully saturated rings. The lowest BCUT2D eigenvalue weighted by atomic mass is 9.71. The molecule has 8 heteroatoms. The van der Waals surface area contributed by atoms with Gasteiger partial charge in [-0.1, -0.05) is 84.4 Å². The Hall–Kier alpha value is -3.70. The standard InChI is InChI=1S/C52H75N3O3Si2/c1-48(2,3)54(57-59(14,15)50(7,8)9)42-30-24-39(25-31-42)52(13,40-26-32-43(33-27-40)55(49(4,5)6)58-60(16,17)51(10,11)12)38-22-28-41(29-23-38)53-46-20-18-19-44(46)45-35-37(36-56)21-34-47(45)53/h21-36,44,46H,18-20H2,1-17H3. The molecule has 6 nitrogen and oxygen atoms in total. The van der Waals surface area contributed by atoms with Crippen LogP contribution in [0.1, 0.15) is 148 Å². The molecule has 1 aliphatic carbocycles. The summed E-state index contributed by atoms with van der Waals surface area (Å²) in [5.74, 6) is 0.462. The first-order valence-corrected chi connectivity index (χ1v) is 28.1. The van der Waals surface area contributed by atoms with Crippen molar-refractivity contribution in [2.24, 2.45) is 0 Å². The van der Waals surface area contributed by atoms with E-state index in [9.17, 15) is 4.79 Å². The van der Waals surface area contributed by atoms with Crippen molar-refractivity contribution in [2.45, 2.75) is 174 Å². The van der Waals surface area contributed by atoms with Crippen molar-refractivity contribution in [3.8, 4) is 0 Å². The summed E-state index contributed by atoms with van der Waals surface area (Å²) in [6, 6.07) is 34.2. The average Bonchev–Trinajstić information content (AvgIpc) is 3.75. The Balaban J connectivity index is 1.44. The molecule has 0 bridgehead atoms. The lowest BCUT2D eigenvalue weighted by molar-refractivity contribution is 0.112. The van der Waals surface area contributed by atoms with E-state index in [1.54, 1.807) is 0 Å². The van der Waals surface area contributed by atoms with E-state index in [0.29, 0.717) is 12.0 Å². The second-order valence-corrected chi connectivity index (χ2v) is 32.2. The minimum Gasteiger partial charge on any atom is -0.338 e. The van der Waals surface area contributed by atoms with Crippen LogP contribution >= 0.6 is 0 Å².